The number of halogens is 4. The van der Waals surface area contributed by atoms with Crippen LogP contribution in [0.3, 0.4) is 0 Å². The minimum Gasteiger partial charge on any atom is -0.371 e. The Labute approximate surface area is 105 Å². The van der Waals surface area contributed by atoms with Crippen molar-refractivity contribution in [2.24, 2.45) is 0 Å². The Morgan fingerprint density at radius 3 is 2.41 bits per heavy atom. The van der Waals surface area contributed by atoms with E-state index in [4.69, 9.17) is 9.47 Å². The lowest BCUT2D eigenvalue weighted by Gasteiger charge is -2.20. The summed E-state index contributed by atoms with van der Waals surface area (Å²) in [6, 6.07) is 5.92. The Morgan fingerprint density at radius 1 is 1.35 bits per heavy atom. The molecule has 0 bridgehead atoms. The molecule has 1 aromatic rings. The van der Waals surface area contributed by atoms with Gasteiger partial charge in [0.05, 0.1) is 13.2 Å². The number of hydrogen-bond acceptors (Lipinski definition) is 2. The zero-order valence-electron chi connectivity index (χ0n) is 8.71. The van der Waals surface area contributed by atoms with Gasteiger partial charge in [-0.2, -0.15) is 13.2 Å². The number of hydrogen-bond donors (Lipinski definition) is 0. The highest BCUT2D eigenvalue weighted by atomic mass is 79.9. The van der Waals surface area contributed by atoms with Crippen molar-refractivity contribution in [2.45, 2.75) is 18.4 Å². The van der Waals surface area contributed by atoms with Crippen molar-refractivity contribution in [1.29, 1.82) is 0 Å². The van der Waals surface area contributed by atoms with E-state index in [0.717, 1.165) is 4.47 Å². The van der Waals surface area contributed by atoms with Gasteiger partial charge in [0.25, 0.3) is 0 Å². The lowest BCUT2D eigenvalue weighted by atomic mass is 10.1. The third-order valence-electron chi connectivity index (χ3n) is 2.32. The normalized spacial score (nSPS) is 21.3. The summed E-state index contributed by atoms with van der Waals surface area (Å²) in [4.78, 5) is 0. The highest BCUT2D eigenvalue weighted by Gasteiger charge is 2.42. The van der Waals surface area contributed by atoms with Crippen LogP contribution in [0.2, 0.25) is 0 Å². The van der Waals surface area contributed by atoms with Gasteiger partial charge in [-0.05, 0) is 17.7 Å². The molecule has 1 heterocycles. The summed E-state index contributed by atoms with van der Waals surface area (Å²) in [6.07, 6.45) is -6.49. The average molecular weight is 311 g/mol. The van der Waals surface area contributed by atoms with Crippen LogP contribution in [0.4, 0.5) is 13.2 Å². The minimum atomic E-state index is -4.41. The van der Waals surface area contributed by atoms with E-state index < -0.39 is 12.3 Å². The number of ether oxygens (including phenoxy) is 2. The van der Waals surface area contributed by atoms with Gasteiger partial charge in [-0.15, -0.1) is 0 Å². The van der Waals surface area contributed by atoms with Crippen molar-refractivity contribution < 1.29 is 22.6 Å². The van der Waals surface area contributed by atoms with Crippen molar-refractivity contribution in [3.05, 3.63) is 34.3 Å². The lowest BCUT2D eigenvalue weighted by Crippen LogP contribution is -2.25. The molecule has 0 saturated carbocycles. The zero-order chi connectivity index (χ0) is 12.5. The van der Waals surface area contributed by atoms with Crippen molar-refractivity contribution >= 4 is 15.9 Å². The number of epoxide rings is 1. The van der Waals surface area contributed by atoms with E-state index in [1.165, 1.54) is 12.1 Å². The van der Waals surface area contributed by atoms with Crippen LogP contribution in [0.15, 0.2) is 28.7 Å². The van der Waals surface area contributed by atoms with E-state index in [0.29, 0.717) is 6.61 Å². The predicted molar refractivity (Wildman–Crippen MR) is 58.6 cm³/mol. The molecule has 1 saturated heterocycles. The van der Waals surface area contributed by atoms with Gasteiger partial charge in [-0.1, -0.05) is 28.1 Å². The van der Waals surface area contributed by atoms with E-state index in [1.54, 1.807) is 12.1 Å². The highest BCUT2D eigenvalue weighted by molar-refractivity contribution is 9.10. The van der Waals surface area contributed by atoms with E-state index in [2.05, 4.69) is 15.9 Å². The first kappa shape index (κ1) is 12.9. The van der Waals surface area contributed by atoms with Crippen molar-refractivity contribution in [3.63, 3.8) is 0 Å². The predicted octanol–water partition coefficient (Wildman–Crippen LogP) is 3.47. The highest BCUT2D eigenvalue weighted by Crippen LogP contribution is 2.36. The molecule has 1 aliphatic heterocycles. The van der Waals surface area contributed by atoms with Crippen molar-refractivity contribution in [3.8, 4) is 0 Å². The summed E-state index contributed by atoms with van der Waals surface area (Å²) in [5.41, 5.74) is 0.0985. The van der Waals surface area contributed by atoms with E-state index >= 15 is 0 Å². The first-order valence-electron chi connectivity index (χ1n) is 5.02. The van der Waals surface area contributed by atoms with Crippen LogP contribution in [-0.2, 0) is 9.47 Å². The monoisotopic (exact) mass is 310 g/mol. The number of rotatable bonds is 4. The molecule has 1 aromatic carbocycles. The van der Waals surface area contributed by atoms with Crippen molar-refractivity contribution in [2.75, 3.05) is 13.2 Å². The van der Waals surface area contributed by atoms with Crippen LogP contribution in [0, 0.1) is 0 Å². The van der Waals surface area contributed by atoms with Crippen molar-refractivity contribution in [1.82, 2.24) is 0 Å². The van der Waals surface area contributed by atoms with Crippen LogP contribution in [0.1, 0.15) is 11.7 Å². The second kappa shape index (κ2) is 4.96. The molecule has 2 nitrogen and oxygen atoms in total. The fourth-order valence-electron chi connectivity index (χ4n) is 1.39. The zero-order valence-corrected chi connectivity index (χ0v) is 10.3. The Bertz CT molecular complexity index is 373. The fourth-order valence-corrected chi connectivity index (χ4v) is 1.65. The molecule has 2 unspecified atom stereocenters. The van der Waals surface area contributed by atoms with Crippen LogP contribution >= 0.6 is 15.9 Å². The molecule has 0 N–H and O–H groups in total. The minimum absolute atomic E-state index is 0.0275. The Kier molecular flexibility index (Phi) is 3.75. The average Bonchev–Trinajstić information content (AvgIpc) is 3.03. The summed E-state index contributed by atoms with van der Waals surface area (Å²) in [5, 5.41) is 0. The Morgan fingerprint density at radius 2 is 1.94 bits per heavy atom. The number of alkyl halides is 3. The van der Waals surface area contributed by atoms with E-state index in [-0.39, 0.29) is 18.3 Å². The second-order valence-electron chi connectivity index (χ2n) is 3.76. The van der Waals surface area contributed by atoms with Gasteiger partial charge in [0.1, 0.15) is 6.10 Å². The SMILES string of the molecule is FC(F)(F)C(OCC1CO1)c1ccc(Br)cc1. The summed E-state index contributed by atoms with van der Waals surface area (Å²) in [6.45, 7) is 0.450. The molecule has 1 aliphatic rings. The first-order valence-corrected chi connectivity index (χ1v) is 5.81. The smallest absolute Gasteiger partial charge is 0.371 e. The Hall–Kier alpha value is -0.590. The molecule has 0 aliphatic carbocycles. The lowest BCUT2D eigenvalue weighted by molar-refractivity contribution is -0.224. The summed E-state index contributed by atoms with van der Waals surface area (Å²) < 4.78 is 48.8. The van der Waals surface area contributed by atoms with E-state index in [1.807, 2.05) is 0 Å². The topological polar surface area (TPSA) is 21.8 Å². The van der Waals surface area contributed by atoms with Crippen LogP contribution in [0.25, 0.3) is 0 Å². The first-order chi connectivity index (χ1) is 7.97. The molecule has 2 atom stereocenters. The molecule has 0 spiro atoms. The van der Waals surface area contributed by atoms with Crippen LogP contribution < -0.4 is 0 Å². The maximum Gasteiger partial charge on any atom is 0.418 e. The molecule has 6 heteroatoms. The van der Waals surface area contributed by atoms with Crippen LogP contribution in [0.5, 0.6) is 0 Å². The van der Waals surface area contributed by atoms with Gasteiger partial charge in [-0.25, -0.2) is 0 Å². The van der Waals surface area contributed by atoms with Gasteiger partial charge >= 0.3 is 6.18 Å². The maximum atomic E-state index is 12.8. The molecule has 17 heavy (non-hydrogen) atoms. The summed E-state index contributed by atoms with van der Waals surface area (Å²) in [5.74, 6) is 0. The molecule has 1 fully saturated rings. The quantitative estimate of drug-likeness (QED) is 0.794. The van der Waals surface area contributed by atoms with E-state index in [9.17, 15) is 13.2 Å². The molecular formula is C11H10BrF3O2. The number of benzene rings is 1. The standard InChI is InChI=1S/C11H10BrF3O2/c12-8-3-1-7(2-4-8)10(11(13,14)15)17-6-9-5-16-9/h1-4,9-10H,5-6H2. The molecule has 0 amide bonds. The molecule has 2 rings (SSSR count). The fraction of sp³-hybridized carbons (Fsp3) is 0.455. The van der Waals surface area contributed by atoms with Gasteiger partial charge < -0.3 is 9.47 Å². The molecule has 0 aromatic heterocycles. The van der Waals surface area contributed by atoms with Gasteiger partial charge in [0.15, 0.2) is 6.10 Å². The molecule has 94 valence electrons. The second-order valence-corrected chi connectivity index (χ2v) is 4.68. The third-order valence-corrected chi connectivity index (χ3v) is 2.85. The largest absolute Gasteiger partial charge is 0.418 e. The maximum absolute atomic E-state index is 12.8. The molecule has 0 radical (unpaired) electrons. The molecular weight excluding hydrogens is 301 g/mol. The summed E-state index contributed by atoms with van der Waals surface area (Å²) >= 11 is 3.18. The summed E-state index contributed by atoms with van der Waals surface area (Å²) in [7, 11) is 0. The Balaban J connectivity index is 2.10. The third kappa shape index (κ3) is 3.69. The van der Waals surface area contributed by atoms with Gasteiger partial charge in [0, 0.05) is 4.47 Å². The van der Waals surface area contributed by atoms with Gasteiger partial charge in [-0.3, -0.25) is 0 Å². The van der Waals surface area contributed by atoms with Crippen LogP contribution in [-0.4, -0.2) is 25.5 Å². The van der Waals surface area contributed by atoms with Gasteiger partial charge in [0.2, 0.25) is 0 Å².